The Kier molecular flexibility index (Phi) is 5.68. The quantitative estimate of drug-likeness (QED) is 0.821. The molecular formula is C16H30N2O. The monoisotopic (exact) mass is 266 g/mol. The molecule has 3 nitrogen and oxygen atoms in total. The lowest BCUT2D eigenvalue weighted by Crippen LogP contribution is -2.47. The molecule has 2 aliphatic rings. The van der Waals surface area contributed by atoms with Gasteiger partial charge in [-0.05, 0) is 50.5 Å². The number of piperidine rings is 1. The minimum absolute atomic E-state index is 0.192. The maximum Gasteiger partial charge on any atom is 0.224 e. The highest BCUT2D eigenvalue weighted by molar-refractivity contribution is 5.79. The normalized spacial score (nSPS) is 35.9. The molecule has 0 aromatic heterocycles. The maximum atomic E-state index is 12.3. The second kappa shape index (κ2) is 7.28. The van der Waals surface area contributed by atoms with Crippen molar-refractivity contribution in [2.75, 3.05) is 13.1 Å². The lowest BCUT2D eigenvalue weighted by Gasteiger charge is -2.32. The summed E-state index contributed by atoms with van der Waals surface area (Å²) in [6.07, 6.45) is 8.69. The Balaban J connectivity index is 1.71. The summed E-state index contributed by atoms with van der Waals surface area (Å²) in [4.78, 5) is 12.3. The van der Waals surface area contributed by atoms with Gasteiger partial charge in [-0.1, -0.05) is 26.7 Å². The molecule has 1 saturated carbocycles. The van der Waals surface area contributed by atoms with E-state index in [0.29, 0.717) is 12.0 Å². The first-order valence-electron chi connectivity index (χ1n) is 8.20. The zero-order valence-corrected chi connectivity index (χ0v) is 12.6. The van der Waals surface area contributed by atoms with Crippen LogP contribution in [0.1, 0.15) is 58.8 Å². The number of nitrogens with one attached hydrogen (secondary N) is 2. The summed E-state index contributed by atoms with van der Waals surface area (Å²) in [5, 5.41) is 6.66. The van der Waals surface area contributed by atoms with Crippen molar-refractivity contribution in [3.63, 3.8) is 0 Å². The maximum absolute atomic E-state index is 12.3. The number of amides is 1. The Hall–Kier alpha value is -0.570. The summed E-state index contributed by atoms with van der Waals surface area (Å²) >= 11 is 0. The Labute approximate surface area is 117 Å². The molecule has 0 spiro atoms. The van der Waals surface area contributed by atoms with Gasteiger partial charge in [-0.2, -0.15) is 0 Å². The van der Waals surface area contributed by atoms with Gasteiger partial charge in [0.25, 0.3) is 0 Å². The molecule has 2 unspecified atom stereocenters. The van der Waals surface area contributed by atoms with Crippen LogP contribution in [0.5, 0.6) is 0 Å². The van der Waals surface area contributed by atoms with Crippen LogP contribution in [0.25, 0.3) is 0 Å². The summed E-state index contributed by atoms with van der Waals surface area (Å²) in [6.45, 7) is 6.42. The number of carbonyl (C=O) groups is 1. The van der Waals surface area contributed by atoms with Crippen LogP contribution < -0.4 is 10.6 Å². The van der Waals surface area contributed by atoms with E-state index < -0.39 is 0 Å². The first-order chi connectivity index (χ1) is 9.19. The molecule has 1 aliphatic carbocycles. The lowest BCUT2D eigenvalue weighted by atomic mass is 9.83. The van der Waals surface area contributed by atoms with Gasteiger partial charge in [-0.25, -0.2) is 0 Å². The van der Waals surface area contributed by atoms with Crippen LogP contribution in [-0.4, -0.2) is 25.0 Å². The number of hydrogen-bond donors (Lipinski definition) is 2. The topological polar surface area (TPSA) is 41.1 Å². The molecule has 0 aromatic carbocycles. The molecule has 1 aliphatic heterocycles. The predicted octanol–water partition coefficient (Wildman–Crippen LogP) is 2.71. The van der Waals surface area contributed by atoms with Crippen LogP contribution in [0.2, 0.25) is 0 Å². The molecule has 1 amide bonds. The van der Waals surface area contributed by atoms with E-state index in [0.717, 1.165) is 25.4 Å². The Morgan fingerprint density at radius 2 is 1.95 bits per heavy atom. The second-order valence-electron chi connectivity index (χ2n) is 6.71. The van der Waals surface area contributed by atoms with Gasteiger partial charge >= 0.3 is 0 Å². The van der Waals surface area contributed by atoms with E-state index in [1.165, 1.54) is 38.5 Å². The van der Waals surface area contributed by atoms with Gasteiger partial charge in [0.2, 0.25) is 5.91 Å². The molecule has 19 heavy (non-hydrogen) atoms. The lowest BCUT2D eigenvalue weighted by molar-refractivity contribution is -0.126. The van der Waals surface area contributed by atoms with Crippen LogP contribution in [0.4, 0.5) is 0 Å². The van der Waals surface area contributed by atoms with Crippen molar-refractivity contribution in [2.24, 2.45) is 17.8 Å². The van der Waals surface area contributed by atoms with Gasteiger partial charge in [-0.3, -0.25) is 4.79 Å². The van der Waals surface area contributed by atoms with E-state index in [9.17, 15) is 4.79 Å². The average molecular weight is 266 g/mol. The molecule has 0 radical (unpaired) electrons. The van der Waals surface area contributed by atoms with Crippen molar-refractivity contribution in [2.45, 2.75) is 64.8 Å². The molecule has 2 fully saturated rings. The van der Waals surface area contributed by atoms with Crippen molar-refractivity contribution < 1.29 is 4.79 Å². The SMILES string of the molecule is CCCC1CCC(NC(=O)C2CNCC(C)C2)CC1. The van der Waals surface area contributed by atoms with Crippen molar-refractivity contribution in [1.82, 2.24) is 10.6 Å². The summed E-state index contributed by atoms with van der Waals surface area (Å²) in [5.41, 5.74) is 0. The highest BCUT2D eigenvalue weighted by Crippen LogP contribution is 2.28. The zero-order valence-electron chi connectivity index (χ0n) is 12.6. The molecule has 0 bridgehead atoms. The first kappa shape index (κ1) is 14.8. The molecule has 2 atom stereocenters. The molecule has 1 saturated heterocycles. The van der Waals surface area contributed by atoms with E-state index in [1.54, 1.807) is 0 Å². The average Bonchev–Trinajstić information content (AvgIpc) is 2.41. The van der Waals surface area contributed by atoms with Crippen LogP contribution in [0.15, 0.2) is 0 Å². The van der Waals surface area contributed by atoms with E-state index in [4.69, 9.17) is 0 Å². The molecule has 110 valence electrons. The van der Waals surface area contributed by atoms with Gasteiger partial charge in [0.1, 0.15) is 0 Å². The Bertz CT molecular complexity index is 284. The molecule has 1 heterocycles. The van der Waals surface area contributed by atoms with Crippen LogP contribution in [0, 0.1) is 17.8 Å². The van der Waals surface area contributed by atoms with Crippen molar-refractivity contribution in [3.8, 4) is 0 Å². The van der Waals surface area contributed by atoms with Gasteiger partial charge in [0, 0.05) is 12.6 Å². The van der Waals surface area contributed by atoms with E-state index >= 15 is 0 Å². The van der Waals surface area contributed by atoms with Crippen LogP contribution in [-0.2, 0) is 4.79 Å². The van der Waals surface area contributed by atoms with Crippen LogP contribution in [0.3, 0.4) is 0 Å². The van der Waals surface area contributed by atoms with Gasteiger partial charge in [0.15, 0.2) is 0 Å². The standard InChI is InChI=1S/C16H30N2O/c1-3-4-13-5-7-15(8-6-13)18-16(19)14-9-12(2)10-17-11-14/h12-15,17H,3-11H2,1-2H3,(H,18,19). The van der Waals surface area contributed by atoms with Gasteiger partial charge in [-0.15, -0.1) is 0 Å². The Morgan fingerprint density at radius 1 is 1.21 bits per heavy atom. The third-order valence-corrected chi connectivity index (χ3v) is 4.83. The summed E-state index contributed by atoms with van der Waals surface area (Å²) in [7, 11) is 0. The third-order valence-electron chi connectivity index (χ3n) is 4.83. The van der Waals surface area contributed by atoms with E-state index in [1.807, 2.05) is 0 Å². The fraction of sp³-hybridized carbons (Fsp3) is 0.938. The number of rotatable bonds is 4. The van der Waals surface area contributed by atoms with E-state index in [2.05, 4.69) is 24.5 Å². The van der Waals surface area contributed by atoms with Crippen molar-refractivity contribution in [1.29, 1.82) is 0 Å². The summed E-state index contributed by atoms with van der Waals surface area (Å²) < 4.78 is 0. The van der Waals surface area contributed by atoms with Gasteiger partial charge < -0.3 is 10.6 Å². The summed E-state index contributed by atoms with van der Waals surface area (Å²) in [6, 6.07) is 0.442. The minimum Gasteiger partial charge on any atom is -0.353 e. The molecule has 0 aromatic rings. The third kappa shape index (κ3) is 4.48. The second-order valence-corrected chi connectivity index (χ2v) is 6.71. The van der Waals surface area contributed by atoms with E-state index in [-0.39, 0.29) is 11.8 Å². The smallest absolute Gasteiger partial charge is 0.224 e. The number of carbonyl (C=O) groups excluding carboxylic acids is 1. The highest BCUT2D eigenvalue weighted by Gasteiger charge is 2.28. The molecular weight excluding hydrogens is 236 g/mol. The van der Waals surface area contributed by atoms with Gasteiger partial charge in [0.05, 0.1) is 5.92 Å². The Morgan fingerprint density at radius 3 is 2.58 bits per heavy atom. The van der Waals surface area contributed by atoms with Crippen molar-refractivity contribution in [3.05, 3.63) is 0 Å². The predicted molar refractivity (Wildman–Crippen MR) is 78.9 cm³/mol. The molecule has 2 N–H and O–H groups in total. The van der Waals surface area contributed by atoms with Crippen LogP contribution >= 0.6 is 0 Å². The largest absolute Gasteiger partial charge is 0.353 e. The zero-order chi connectivity index (χ0) is 13.7. The molecule has 3 heteroatoms. The minimum atomic E-state index is 0.192. The first-order valence-corrected chi connectivity index (χ1v) is 8.20. The van der Waals surface area contributed by atoms with Crippen molar-refractivity contribution >= 4 is 5.91 Å². The fourth-order valence-electron chi connectivity index (χ4n) is 3.68. The summed E-state index contributed by atoms with van der Waals surface area (Å²) in [5.74, 6) is 2.02. The fourth-order valence-corrected chi connectivity index (χ4v) is 3.68. The molecule has 2 rings (SSSR count). The highest BCUT2D eigenvalue weighted by atomic mass is 16.2. The number of hydrogen-bond acceptors (Lipinski definition) is 2.